The highest BCUT2D eigenvalue weighted by Crippen LogP contribution is 2.14. The normalized spacial score (nSPS) is 13.0. The van der Waals surface area contributed by atoms with Crippen LogP contribution in [0.4, 0.5) is 0 Å². The van der Waals surface area contributed by atoms with Crippen molar-refractivity contribution in [3.05, 3.63) is 47.5 Å². The molecule has 0 radical (unpaired) electrons. The van der Waals surface area contributed by atoms with Crippen LogP contribution in [0.15, 0.2) is 30.3 Å². The minimum Gasteiger partial charge on any atom is -0.355 e. The van der Waals surface area contributed by atoms with Gasteiger partial charge in [-0.3, -0.25) is 14.4 Å². The van der Waals surface area contributed by atoms with Crippen molar-refractivity contribution in [2.75, 3.05) is 19.6 Å². The number of fused-ring (bicyclic) bond motifs is 1. The SMILES string of the molecule is CC(=O)NCCNC(=O)c1nnc2n1CCN(C(=O)Cc1ccccc1)C2. The van der Waals surface area contributed by atoms with Gasteiger partial charge in [0.1, 0.15) is 0 Å². The molecular weight excluding hydrogens is 348 g/mol. The third kappa shape index (κ3) is 4.69. The molecule has 0 saturated heterocycles. The molecule has 9 nitrogen and oxygen atoms in total. The lowest BCUT2D eigenvalue weighted by Gasteiger charge is -2.27. The van der Waals surface area contributed by atoms with Gasteiger partial charge in [-0.1, -0.05) is 30.3 Å². The molecule has 0 bridgehead atoms. The van der Waals surface area contributed by atoms with Gasteiger partial charge >= 0.3 is 0 Å². The maximum Gasteiger partial charge on any atom is 0.289 e. The zero-order valence-corrected chi connectivity index (χ0v) is 15.1. The second kappa shape index (κ2) is 8.43. The topological polar surface area (TPSA) is 109 Å². The highest BCUT2D eigenvalue weighted by atomic mass is 16.2. The Morgan fingerprint density at radius 3 is 2.52 bits per heavy atom. The summed E-state index contributed by atoms with van der Waals surface area (Å²) in [4.78, 5) is 37.3. The number of nitrogens with zero attached hydrogens (tertiary/aromatic N) is 4. The van der Waals surface area contributed by atoms with Gasteiger partial charge in [0.15, 0.2) is 5.82 Å². The fourth-order valence-electron chi connectivity index (χ4n) is 2.91. The van der Waals surface area contributed by atoms with Gasteiger partial charge in [-0.05, 0) is 5.56 Å². The zero-order valence-electron chi connectivity index (χ0n) is 15.1. The number of hydrogen-bond acceptors (Lipinski definition) is 5. The molecule has 0 saturated carbocycles. The van der Waals surface area contributed by atoms with Crippen molar-refractivity contribution in [2.45, 2.75) is 26.4 Å². The molecular formula is C18H22N6O3. The summed E-state index contributed by atoms with van der Waals surface area (Å²) in [5.74, 6) is 0.349. The highest BCUT2D eigenvalue weighted by Gasteiger charge is 2.26. The number of benzene rings is 1. The molecule has 1 aromatic heterocycles. The van der Waals surface area contributed by atoms with Crippen LogP contribution in [0.5, 0.6) is 0 Å². The van der Waals surface area contributed by atoms with Gasteiger partial charge in [-0.25, -0.2) is 0 Å². The van der Waals surface area contributed by atoms with Gasteiger partial charge in [0.25, 0.3) is 5.91 Å². The second-order valence-electron chi connectivity index (χ2n) is 6.31. The second-order valence-corrected chi connectivity index (χ2v) is 6.31. The van der Waals surface area contributed by atoms with Gasteiger partial charge < -0.3 is 20.1 Å². The first-order chi connectivity index (χ1) is 13.0. The first-order valence-corrected chi connectivity index (χ1v) is 8.81. The molecule has 1 aliphatic rings. The molecule has 2 aromatic rings. The van der Waals surface area contributed by atoms with Crippen LogP contribution in [0.3, 0.4) is 0 Å². The van der Waals surface area contributed by atoms with Gasteiger partial charge in [0.05, 0.1) is 13.0 Å². The van der Waals surface area contributed by atoms with Crippen LogP contribution in [0.2, 0.25) is 0 Å². The maximum absolute atomic E-state index is 12.5. The first kappa shape index (κ1) is 18.6. The minimum atomic E-state index is -0.344. The Balaban J connectivity index is 1.57. The molecule has 3 rings (SSSR count). The van der Waals surface area contributed by atoms with Crippen molar-refractivity contribution in [1.82, 2.24) is 30.3 Å². The molecule has 9 heteroatoms. The molecule has 2 N–H and O–H groups in total. The van der Waals surface area contributed by atoms with Crippen LogP contribution in [-0.4, -0.2) is 57.0 Å². The minimum absolute atomic E-state index is 0.0248. The smallest absolute Gasteiger partial charge is 0.289 e. The molecule has 1 aromatic carbocycles. The van der Waals surface area contributed by atoms with Crippen molar-refractivity contribution in [1.29, 1.82) is 0 Å². The van der Waals surface area contributed by atoms with Gasteiger partial charge in [0.2, 0.25) is 17.6 Å². The molecule has 142 valence electrons. The molecule has 2 heterocycles. The molecule has 0 fully saturated rings. The van der Waals surface area contributed by atoms with E-state index in [1.165, 1.54) is 6.92 Å². The fraction of sp³-hybridized carbons (Fsp3) is 0.389. The van der Waals surface area contributed by atoms with E-state index in [-0.39, 0.29) is 23.5 Å². The highest BCUT2D eigenvalue weighted by molar-refractivity contribution is 5.90. The third-order valence-electron chi connectivity index (χ3n) is 4.29. The Labute approximate surface area is 156 Å². The standard InChI is InChI=1S/C18H22N6O3/c1-13(25)19-7-8-20-18(27)17-22-21-15-12-23(9-10-24(15)17)16(26)11-14-5-3-2-4-6-14/h2-6H,7-12H2,1H3,(H,19,25)(H,20,27). The summed E-state index contributed by atoms with van der Waals surface area (Å²) in [5.41, 5.74) is 0.966. The number of nitrogens with one attached hydrogen (secondary N) is 2. The molecule has 27 heavy (non-hydrogen) atoms. The van der Waals surface area contributed by atoms with E-state index in [9.17, 15) is 14.4 Å². The average Bonchev–Trinajstić information content (AvgIpc) is 3.09. The molecule has 1 aliphatic heterocycles. The predicted molar refractivity (Wildman–Crippen MR) is 96.6 cm³/mol. The average molecular weight is 370 g/mol. The summed E-state index contributed by atoms with van der Waals surface area (Å²) < 4.78 is 1.74. The van der Waals surface area contributed by atoms with E-state index >= 15 is 0 Å². The van der Waals surface area contributed by atoms with E-state index in [4.69, 9.17) is 0 Å². The molecule has 0 atom stereocenters. The first-order valence-electron chi connectivity index (χ1n) is 8.81. The van der Waals surface area contributed by atoms with Crippen LogP contribution in [0, 0.1) is 0 Å². The third-order valence-corrected chi connectivity index (χ3v) is 4.29. The van der Waals surface area contributed by atoms with Crippen LogP contribution >= 0.6 is 0 Å². The van der Waals surface area contributed by atoms with E-state index in [0.717, 1.165) is 5.56 Å². The van der Waals surface area contributed by atoms with Gasteiger partial charge in [-0.2, -0.15) is 0 Å². The van der Waals surface area contributed by atoms with Crippen molar-refractivity contribution in [2.24, 2.45) is 0 Å². The van der Waals surface area contributed by atoms with Crippen LogP contribution in [0.1, 0.15) is 28.9 Å². The monoisotopic (exact) mass is 370 g/mol. The zero-order chi connectivity index (χ0) is 19.2. The Morgan fingerprint density at radius 1 is 1.04 bits per heavy atom. The molecule has 3 amide bonds. The lowest BCUT2D eigenvalue weighted by molar-refractivity contribution is -0.132. The number of carbonyl (C=O) groups excluding carboxylic acids is 3. The summed E-state index contributed by atoms with van der Waals surface area (Å²) >= 11 is 0. The lowest BCUT2D eigenvalue weighted by atomic mass is 10.1. The van der Waals surface area contributed by atoms with Crippen LogP contribution in [-0.2, 0) is 29.1 Å². The molecule has 0 aliphatic carbocycles. The van der Waals surface area contributed by atoms with E-state index in [1.807, 2.05) is 30.3 Å². The summed E-state index contributed by atoms with van der Waals surface area (Å²) in [6, 6.07) is 9.58. The Morgan fingerprint density at radius 2 is 1.78 bits per heavy atom. The Bertz CT molecular complexity index is 833. The Kier molecular flexibility index (Phi) is 5.80. The van der Waals surface area contributed by atoms with Crippen molar-refractivity contribution in [3.63, 3.8) is 0 Å². The van der Waals surface area contributed by atoms with Crippen molar-refractivity contribution >= 4 is 17.7 Å². The molecule has 0 unspecified atom stereocenters. The molecule has 0 spiro atoms. The number of aromatic nitrogens is 3. The number of rotatable bonds is 6. The summed E-state index contributed by atoms with van der Waals surface area (Å²) in [7, 11) is 0. The maximum atomic E-state index is 12.5. The quantitative estimate of drug-likeness (QED) is 0.681. The van der Waals surface area contributed by atoms with E-state index < -0.39 is 0 Å². The fourth-order valence-corrected chi connectivity index (χ4v) is 2.91. The van der Waals surface area contributed by atoms with Crippen LogP contribution < -0.4 is 10.6 Å². The number of amides is 3. The summed E-state index contributed by atoms with van der Waals surface area (Å²) in [6.07, 6.45) is 0.339. The van der Waals surface area contributed by atoms with Gasteiger partial charge in [0, 0.05) is 33.1 Å². The Hall–Kier alpha value is -3.23. The number of carbonyl (C=O) groups is 3. The predicted octanol–water partition coefficient (Wildman–Crippen LogP) is -0.271. The van der Waals surface area contributed by atoms with Crippen molar-refractivity contribution in [3.8, 4) is 0 Å². The van der Waals surface area contributed by atoms with E-state index in [1.54, 1.807) is 9.47 Å². The largest absolute Gasteiger partial charge is 0.355 e. The summed E-state index contributed by atoms with van der Waals surface area (Å²) in [5, 5.41) is 13.3. The van der Waals surface area contributed by atoms with E-state index in [0.29, 0.717) is 45.0 Å². The summed E-state index contributed by atoms with van der Waals surface area (Å²) in [6.45, 7) is 3.38. The lowest BCUT2D eigenvalue weighted by Crippen LogP contribution is -2.41. The van der Waals surface area contributed by atoms with E-state index in [2.05, 4.69) is 20.8 Å². The van der Waals surface area contributed by atoms with Gasteiger partial charge in [-0.15, -0.1) is 10.2 Å². The van der Waals surface area contributed by atoms with Crippen molar-refractivity contribution < 1.29 is 14.4 Å². The van der Waals surface area contributed by atoms with Crippen LogP contribution in [0.25, 0.3) is 0 Å². The number of hydrogen-bond donors (Lipinski definition) is 2.